The molecule has 2 N–H and O–H groups in total. The molecular formula is C19H27N3O4. The Balaban J connectivity index is 1.70. The Morgan fingerprint density at radius 3 is 2.69 bits per heavy atom. The molecule has 7 heteroatoms. The predicted octanol–water partition coefficient (Wildman–Crippen LogP) is 2.53. The summed E-state index contributed by atoms with van der Waals surface area (Å²) in [5.41, 5.74) is 0.370. The van der Waals surface area contributed by atoms with E-state index >= 15 is 0 Å². The zero-order chi connectivity index (χ0) is 19.2. The first-order chi connectivity index (χ1) is 12.2. The molecule has 0 aromatic carbocycles. The number of carbonyl (C=O) groups excluding carboxylic acids is 3. The van der Waals surface area contributed by atoms with Crippen LogP contribution in [0.15, 0.2) is 18.3 Å². The quantitative estimate of drug-likeness (QED) is 0.440. The number of piperidine rings is 1. The molecule has 0 bridgehead atoms. The number of pyridine rings is 1. The van der Waals surface area contributed by atoms with Gasteiger partial charge in [0.25, 0.3) is 0 Å². The Hall–Kier alpha value is -2.44. The van der Waals surface area contributed by atoms with Crippen molar-refractivity contribution in [1.29, 1.82) is 0 Å². The first-order valence-electron chi connectivity index (χ1n) is 9.00. The number of amides is 2. The van der Waals surface area contributed by atoms with Gasteiger partial charge >= 0.3 is 5.97 Å². The maximum absolute atomic E-state index is 11.9. The maximum atomic E-state index is 11.9. The Kier molecular flexibility index (Phi) is 6.71. The van der Waals surface area contributed by atoms with Gasteiger partial charge in [-0.15, -0.1) is 0 Å². The van der Waals surface area contributed by atoms with Crippen LogP contribution in [-0.4, -0.2) is 34.9 Å². The molecular weight excluding hydrogens is 334 g/mol. The number of nitrogens with one attached hydrogen (secondary N) is 2. The summed E-state index contributed by atoms with van der Waals surface area (Å²) in [4.78, 5) is 39.0. The molecule has 1 aliphatic heterocycles. The molecule has 0 aliphatic carbocycles. The number of aromatic nitrogens is 1. The van der Waals surface area contributed by atoms with Crippen molar-refractivity contribution in [2.75, 3.05) is 11.9 Å². The van der Waals surface area contributed by atoms with Gasteiger partial charge in [0.15, 0.2) is 0 Å². The van der Waals surface area contributed by atoms with Gasteiger partial charge in [-0.05, 0) is 51.7 Å². The molecule has 142 valence electrons. The molecule has 2 rings (SSSR count). The minimum atomic E-state index is -0.441. The third-order valence-corrected chi connectivity index (χ3v) is 3.96. The molecule has 1 aliphatic rings. The minimum absolute atomic E-state index is 0.177. The van der Waals surface area contributed by atoms with Crippen LogP contribution in [0.3, 0.4) is 0 Å². The van der Waals surface area contributed by atoms with Crippen molar-refractivity contribution in [3.63, 3.8) is 0 Å². The number of hydrogen-bond donors (Lipinski definition) is 2. The number of hydrogen-bond acceptors (Lipinski definition) is 6. The summed E-state index contributed by atoms with van der Waals surface area (Å²) < 4.78 is 5.26. The van der Waals surface area contributed by atoms with Crippen LogP contribution < -0.4 is 10.6 Å². The SMILES string of the molecule is CC(C)(C)OC(=O)CCCCNc1ccc(C2CCC(=O)NC2=O)cn1. The number of rotatable bonds is 7. The monoisotopic (exact) mass is 361 g/mol. The van der Waals surface area contributed by atoms with Crippen molar-refractivity contribution in [2.45, 2.75) is 64.4 Å². The normalized spacial score (nSPS) is 17.6. The summed E-state index contributed by atoms with van der Waals surface area (Å²) in [6, 6.07) is 3.68. The number of nitrogens with zero attached hydrogens (tertiary/aromatic N) is 1. The molecule has 1 aromatic rings. The average Bonchev–Trinajstić information content (AvgIpc) is 2.54. The van der Waals surface area contributed by atoms with Crippen LogP contribution in [0.1, 0.15) is 64.4 Å². The van der Waals surface area contributed by atoms with Crippen LogP contribution in [0, 0.1) is 0 Å². The van der Waals surface area contributed by atoms with E-state index in [2.05, 4.69) is 15.6 Å². The highest BCUT2D eigenvalue weighted by atomic mass is 16.6. The molecule has 0 radical (unpaired) electrons. The van der Waals surface area contributed by atoms with Gasteiger partial charge in [0.05, 0.1) is 5.92 Å². The molecule has 1 saturated heterocycles. The molecule has 2 heterocycles. The van der Waals surface area contributed by atoms with Crippen LogP contribution in [0.2, 0.25) is 0 Å². The van der Waals surface area contributed by atoms with Gasteiger partial charge in [0, 0.05) is 25.6 Å². The molecule has 7 nitrogen and oxygen atoms in total. The van der Waals surface area contributed by atoms with Crippen LogP contribution in [0.5, 0.6) is 0 Å². The zero-order valence-corrected chi connectivity index (χ0v) is 15.6. The molecule has 2 amide bonds. The smallest absolute Gasteiger partial charge is 0.306 e. The lowest BCUT2D eigenvalue weighted by Crippen LogP contribution is -2.39. The molecule has 0 spiro atoms. The highest BCUT2D eigenvalue weighted by Gasteiger charge is 2.28. The van der Waals surface area contributed by atoms with Crippen molar-refractivity contribution in [2.24, 2.45) is 0 Å². The van der Waals surface area contributed by atoms with E-state index in [1.165, 1.54) is 0 Å². The van der Waals surface area contributed by atoms with Crippen molar-refractivity contribution in [3.8, 4) is 0 Å². The Labute approximate surface area is 153 Å². The number of esters is 1. The van der Waals surface area contributed by atoms with E-state index in [-0.39, 0.29) is 23.7 Å². The van der Waals surface area contributed by atoms with Gasteiger partial charge in [-0.1, -0.05) is 6.07 Å². The molecule has 1 atom stereocenters. The Morgan fingerprint density at radius 2 is 2.08 bits per heavy atom. The average molecular weight is 361 g/mol. The largest absolute Gasteiger partial charge is 0.460 e. The van der Waals surface area contributed by atoms with Crippen LogP contribution in [-0.2, 0) is 19.1 Å². The fourth-order valence-electron chi connectivity index (χ4n) is 2.73. The Morgan fingerprint density at radius 1 is 1.31 bits per heavy atom. The van der Waals surface area contributed by atoms with Gasteiger partial charge in [-0.25, -0.2) is 4.98 Å². The third kappa shape index (κ3) is 6.46. The first-order valence-corrected chi connectivity index (χ1v) is 9.00. The van der Waals surface area contributed by atoms with Gasteiger partial charge in [-0.2, -0.15) is 0 Å². The van der Waals surface area contributed by atoms with Crippen LogP contribution in [0.4, 0.5) is 5.82 Å². The lowest BCUT2D eigenvalue weighted by atomic mass is 9.92. The second kappa shape index (κ2) is 8.78. The minimum Gasteiger partial charge on any atom is -0.460 e. The lowest BCUT2D eigenvalue weighted by molar-refractivity contribution is -0.155. The number of carbonyl (C=O) groups is 3. The van der Waals surface area contributed by atoms with Crippen LogP contribution >= 0.6 is 0 Å². The van der Waals surface area contributed by atoms with E-state index in [0.717, 1.165) is 24.2 Å². The third-order valence-electron chi connectivity index (χ3n) is 3.96. The zero-order valence-electron chi connectivity index (χ0n) is 15.6. The molecule has 1 fully saturated rings. The van der Waals surface area contributed by atoms with Gasteiger partial charge in [0.1, 0.15) is 11.4 Å². The molecule has 1 aromatic heterocycles. The fraction of sp³-hybridized carbons (Fsp3) is 0.579. The summed E-state index contributed by atoms with van der Waals surface area (Å²) in [6.07, 6.45) is 4.52. The second-order valence-corrected chi connectivity index (χ2v) is 7.45. The topological polar surface area (TPSA) is 97.4 Å². The van der Waals surface area contributed by atoms with E-state index < -0.39 is 5.60 Å². The number of unbranched alkanes of at least 4 members (excludes halogenated alkanes) is 1. The molecule has 0 saturated carbocycles. The molecule has 26 heavy (non-hydrogen) atoms. The fourth-order valence-corrected chi connectivity index (χ4v) is 2.73. The number of anilines is 1. The summed E-state index contributed by atoms with van der Waals surface area (Å²) in [7, 11) is 0. The summed E-state index contributed by atoms with van der Waals surface area (Å²) in [5, 5.41) is 5.55. The van der Waals surface area contributed by atoms with Crippen molar-refractivity contribution in [1.82, 2.24) is 10.3 Å². The predicted molar refractivity (Wildman–Crippen MR) is 97.5 cm³/mol. The summed E-state index contributed by atoms with van der Waals surface area (Å²) in [5.74, 6) is -0.250. The van der Waals surface area contributed by atoms with Gasteiger partial charge in [0.2, 0.25) is 11.8 Å². The van der Waals surface area contributed by atoms with E-state index in [1.807, 2.05) is 32.9 Å². The number of imide groups is 1. The van der Waals surface area contributed by atoms with Gasteiger partial charge in [-0.3, -0.25) is 19.7 Å². The van der Waals surface area contributed by atoms with Crippen molar-refractivity contribution >= 4 is 23.6 Å². The number of ether oxygens (including phenoxy) is 1. The van der Waals surface area contributed by atoms with E-state index in [9.17, 15) is 14.4 Å². The maximum Gasteiger partial charge on any atom is 0.306 e. The first kappa shape index (κ1) is 19.9. The van der Waals surface area contributed by atoms with E-state index in [1.54, 1.807) is 6.20 Å². The van der Waals surface area contributed by atoms with Crippen LogP contribution in [0.25, 0.3) is 0 Å². The lowest BCUT2D eigenvalue weighted by Gasteiger charge is -2.20. The second-order valence-electron chi connectivity index (χ2n) is 7.45. The standard InChI is InChI=1S/C19H27N3O4/c1-19(2,3)26-17(24)6-4-5-11-20-15-9-7-13(12-21-15)14-8-10-16(23)22-18(14)25/h7,9,12,14H,4-6,8,10-11H2,1-3H3,(H,20,21)(H,22,23,25). The van der Waals surface area contributed by atoms with Gasteiger partial charge < -0.3 is 10.1 Å². The van der Waals surface area contributed by atoms with Crippen molar-refractivity contribution < 1.29 is 19.1 Å². The highest BCUT2D eigenvalue weighted by molar-refractivity contribution is 6.00. The van der Waals surface area contributed by atoms with E-state index in [0.29, 0.717) is 25.8 Å². The van der Waals surface area contributed by atoms with E-state index in [4.69, 9.17) is 4.74 Å². The highest BCUT2D eigenvalue weighted by Crippen LogP contribution is 2.24. The molecule has 1 unspecified atom stereocenters. The summed E-state index contributed by atoms with van der Waals surface area (Å²) >= 11 is 0. The summed E-state index contributed by atoms with van der Waals surface area (Å²) in [6.45, 7) is 6.28. The van der Waals surface area contributed by atoms with Crippen molar-refractivity contribution in [3.05, 3.63) is 23.9 Å². The Bertz CT molecular complexity index is 650.